The molecule has 0 aliphatic heterocycles. The molecule has 0 aromatic carbocycles. The Labute approximate surface area is 168 Å². The molecule has 0 saturated heterocycles. The lowest BCUT2D eigenvalue weighted by Crippen LogP contribution is -2.09. The monoisotopic (exact) mass is 400 g/mol. The van der Waals surface area contributed by atoms with Crippen LogP contribution in [0.1, 0.15) is 65.2 Å². The summed E-state index contributed by atoms with van der Waals surface area (Å²) in [5, 5.41) is 0. The van der Waals surface area contributed by atoms with E-state index in [9.17, 15) is 9.59 Å². The fraction of sp³-hybridized carbons (Fsp3) is 0.700. The minimum absolute atomic E-state index is 0.0772. The number of nitrogens with two attached hydrogens (primary N) is 2. The van der Waals surface area contributed by atoms with Gasteiger partial charge in [0.05, 0.1) is 38.6 Å². The van der Waals surface area contributed by atoms with E-state index in [0.717, 1.165) is 63.5 Å². The van der Waals surface area contributed by atoms with Gasteiger partial charge in [-0.2, -0.15) is 0 Å². The predicted molar refractivity (Wildman–Crippen MR) is 107 cm³/mol. The minimum Gasteiger partial charge on any atom is -0.479 e. The summed E-state index contributed by atoms with van der Waals surface area (Å²) in [7, 11) is 0. The molecular formula is C20H36N2O6. The molecule has 0 saturated carbocycles. The summed E-state index contributed by atoms with van der Waals surface area (Å²) in [4.78, 5) is 22.8. The fourth-order valence-corrected chi connectivity index (χ4v) is 2.34. The van der Waals surface area contributed by atoms with Crippen molar-refractivity contribution in [2.24, 2.45) is 11.5 Å². The summed E-state index contributed by atoms with van der Waals surface area (Å²) in [6, 6.07) is 0. The molecule has 0 radical (unpaired) electrons. The third-order valence-electron chi connectivity index (χ3n) is 3.67. The molecule has 0 rings (SSSR count). The number of unbranched alkanes of at least 4 members (excludes halogenated alkanes) is 7. The Balaban J connectivity index is 3.42. The molecule has 0 heterocycles. The van der Waals surface area contributed by atoms with Crippen molar-refractivity contribution in [1.82, 2.24) is 0 Å². The first-order chi connectivity index (χ1) is 13.5. The van der Waals surface area contributed by atoms with E-state index in [4.69, 9.17) is 30.4 Å². The van der Waals surface area contributed by atoms with Crippen LogP contribution in [-0.2, 0) is 28.5 Å². The van der Waals surface area contributed by atoms with Crippen LogP contribution in [0.4, 0.5) is 0 Å². The lowest BCUT2D eigenvalue weighted by atomic mass is 10.1. The highest BCUT2D eigenvalue weighted by atomic mass is 16.5. The second-order valence-electron chi connectivity index (χ2n) is 6.12. The Bertz CT molecular complexity index is 447. The highest BCUT2D eigenvalue weighted by Crippen LogP contribution is 2.09. The van der Waals surface area contributed by atoms with Crippen LogP contribution in [0.5, 0.6) is 0 Å². The van der Waals surface area contributed by atoms with E-state index in [2.05, 4.69) is 0 Å². The maximum absolute atomic E-state index is 11.4. The molecule has 0 atom stereocenters. The molecule has 0 aliphatic rings. The Kier molecular flexibility index (Phi) is 16.5. The van der Waals surface area contributed by atoms with Gasteiger partial charge < -0.3 is 30.4 Å². The summed E-state index contributed by atoms with van der Waals surface area (Å²) >= 11 is 0. The first-order valence-electron chi connectivity index (χ1n) is 10.0. The van der Waals surface area contributed by atoms with Crippen molar-refractivity contribution in [2.75, 3.05) is 26.4 Å². The van der Waals surface area contributed by atoms with Crippen LogP contribution in [-0.4, -0.2) is 38.4 Å². The zero-order valence-electron chi connectivity index (χ0n) is 17.2. The van der Waals surface area contributed by atoms with Gasteiger partial charge in [0.25, 0.3) is 0 Å². The van der Waals surface area contributed by atoms with Gasteiger partial charge in [-0.05, 0) is 26.7 Å². The lowest BCUT2D eigenvalue weighted by molar-refractivity contribution is -0.139. The quantitative estimate of drug-likeness (QED) is 0.165. The van der Waals surface area contributed by atoms with E-state index >= 15 is 0 Å². The van der Waals surface area contributed by atoms with E-state index in [-0.39, 0.29) is 11.8 Å². The summed E-state index contributed by atoms with van der Waals surface area (Å²) in [6.07, 6.45) is 10.5. The van der Waals surface area contributed by atoms with Gasteiger partial charge in [-0.1, -0.05) is 38.5 Å². The van der Waals surface area contributed by atoms with Gasteiger partial charge in [0.1, 0.15) is 0 Å². The summed E-state index contributed by atoms with van der Waals surface area (Å²) in [5.41, 5.74) is 10.9. The van der Waals surface area contributed by atoms with Gasteiger partial charge in [0.2, 0.25) is 0 Å². The Hall–Kier alpha value is -2.38. The van der Waals surface area contributed by atoms with Gasteiger partial charge in [-0.15, -0.1) is 0 Å². The maximum atomic E-state index is 11.4. The fourth-order valence-electron chi connectivity index (χ4n) is 2.34. The third-order valence-corrected chi connectivity index (χ3v) is 3.67. The van der Waals surface area contributed by atoms with Crippen molar-refractivity contribution in [3.05, 3.63) is 23.9 Å². The molecular weight excluding hydrogens is 364 g/mol. The molecule has 0 unspecified atom stereocenters. The zero-order chi connectivity index (χ0) is 21.0. The van der Waals surface area contributed by atoms with Gasteiger partial charge in [-0.25, -0.2) is 9.59 Å². The first kappa shape index (κ1) is 25.6. The molecule has 8 nitrogen and oxygen atoms in total. The van der Waals surface area contributed by atoms with Crippen LogP contribution in [0.3, 0.4) is 0 Å². The lowest BCUT2D eigenvalue weighted by Gasteiger charge is -2.05. The number of hydrogen-bond donors (Lipinski definition) is 2. The van der Waals surface area contributed by atoms with Crippen molar-refractivity contribution in [3.8, 4) is 0 Å². The van der Waals surface area contributed by atoms with E-state index < -0.39 is 11.9 Å². The van der Waals surface area contributed by atoms with Crippen molar-refractivity contribution < 1.29 is 28.5 Å². The summed E-state index contributed by atoms with van der Waals surface area (Å²) in [6.45, 7) is 5.20. The van der Waals surface area contributed by atoms with Crippen LogP contribution in [0, 0.1) is 0 Å². The van der Waals surface area contributed by atoms with Crippen molar-refractivity contribution >= 4 is 11.9 Å². The molecule has 0 aliphatic carbocycles. The van der Waals surface area contributed by atoms with E-state index in [1.54, 1.807) is 13.8 Å². The molecule has 0 aromatic rings. The Morgan fingerprint density at radius 3 is 1.25 bits per heavy atom. The molecule has 0 fully saturated rings. The molecule has 0 amide bonds. The smallest absolute Gasteiger partial charge is 0.336 e. The standard InChI is InChI=1S/C20H36N2O6/c1-3-25-17(21)15-19(23)27-13-11-9-7-5-6-8-10-12-14-28-20(24)16-18(22)26-4-2/h15-16H,3-14,21-22H2,1-2H3/b17-15-,18-16-. The second-order valence-corrected chi connectivity index (χ2v) is 6.12. The average Bonchev–Trinajstić information content (AvgIpc) is 2.62. The first-order valence-corrected chi connectivity index (χ1v) is 10.0. The molecule has 0 spiro atoms. The predicted octanol–water partition coefficient (Wildman–Crippen LogP) is 2.87. The van der Waals surface area contributed by atoms with Crippen molar-refractivity contribution in [1.29, 1.82) is 0 Å². The third kappa shape index (κ3) is 17.1. The normalized spacial score (nSPS) is 11.8. The number of ether oxygens (including phenoxy) is 4. The van der Waals surface area contributed by atoms with Crippen LogP contribution >= 0.6 is 0 Å². The van der Waals surface area contributed by atoms with Gasteiger partial charge in [-0.3, -0.25) is 0 Å². The van der Waals surface area contributed by atoms with Gasteiger partial charge >= 0.3 is 11.9 Å². The SMILES string of the molecule is CCO/C(N)=C\C(=O)OCCCCCCCCCCOC(=O)/C=C(/N)OCC. The Morgan fingerprint density at radius 2 is 0.929 bits per heavy atom. The van der Waals surface area contributed by atoms with Crippen molar-refractivity contribution in [2.45, 2.75) is 65.2 Å². The average molecular weight is 401 g/mol. The molecule has 0 aromatic heterocycles. The van der Waals surface area contributed by atoms with Crippen molar-refractivity contribution in [3.63, 3.8) is 0 Å². The van der Waals surface area contributed by atoms with Gasteiger partial charge in [0, 0.05) is 0 Å². The number of carbonyl (C=O) groups excluding carboxylic acids is 2. The van der Waals surface area contributed by atoms with Gasteiger partial charge in [0.15, 0.2) is 11.8 Å². The molecule has 28 heavy (non-hydrogen) atoms. The Morgan fingerprint density at radius 1 is 0.607 bits per heavy atom. The number of hydrogen-bond acceptors (Lipinski definition) is 8. The van der Waals surface area contributed by atoms with E-state index in [0.29, 0.717) is 26.4 Å². The largest absolute Gasteiger partial charge is 0.479 e. The number of esters is 2. The minimum atomic E-state index is -0.470. The molecule has 162 valence electrons. The highest BCUT2D eigenvalue weighted by Gasteiger charge is 2.02. The highest BCUT2D eigenvalue weighted by molar-refractivity contribution is 5.82. The molecule has 0 bridgehead atoms. The van der Waals surface area contributed by atoms with Crippen LogP contribution in [0.15, 0.2) is 23.9 Å². The summed E-state index contributed by atoms with van der Waals surface area (Å²) < 4.78 is 20.0. The molecule has 4 N–H and O–H groups in total. The second kappa shape index (κ2) is 18.0. The van der Waals surface area contributed by atoms with E-state index in [1.807, 2.05) is 0 Å². The topological polar surface area (TPSA) is 123 Å². The number of rotatable bonds is 17. The molecule has 8 heteroatoms. The van der Waals surface area contributed by atoms with Crippen LogP contribution < -0.4 is 11.5 Å². The maximum Gasteiger partial charge on any atom is 0.336 e. The van der Waals surface area contributed by atoms with E-state index in [1.165, 1.54) is 0 Å². The van der Waals surface area contributed by atoms with Crippen LogP contribution in [0.25, 0.3) is 0 Å². The number of carbonyl (C=O) groups is 2. The summed E-state index contributed by atoms with van der Waals surface area (Å²) in [5.74, 6) is -0.785. The zero-order valence-corrected chi connectivity index (χ0v) is 17.2. The van der Waals surface area contributed by atoms with Crippen LogP contribution in [0.2, 0.25) is 0 Å².